The van der Waals surface area contributed by atoms with Crippen molar-refractivity contribution in [2.45, 2.75) is 25.4 Å². The van der Waals surface area contributed by atoms with Crippen LogP contribution in [0.15, 0.2) is 29.3 Å². The third-order valence-electron chi connectivity index (χ3n) is 4.24. The van der Waals surface area contributed by atoms with Gasteiger partial charge < -0.3 is 20.3 Å². The maximum Gasteiger partial charge on any atom is 0.191 e. The maximum absolute atomic E-state index is 5.23. The number of ether oxygens (including phenoxy) is 1. The molecule has 0 saturated heterocycles. The molecule has 1 fully saturated rings. The summed E-state index contributed by atoms with van der Waals surface area (Å²) >= 11 is 0. The highest BCUT2D eigenvalue weighted by Gasteiger charge is 2.33. The Kier molecular flexibility index (Phi) is 5.66. The molecule has 0 aromatic heterocycles. The third-order valence-corrected chi connectivity index (χ3v) is 4.24. The van der Waals surface area contributed by atoms with Crippen LogP contribution >= 0.6 is 0 Å². The van der Waals surface area contributed by atoms with Gasteiger partial charge in [-0.3, -0.25) is 4.99 Å². The molecular weight excluding hydrogens is 276 g/mol. The van der Waals surface area contributed by atoms with E-state index < -0.39 is 0 Å². The molecule has 0 amide bonds. The van der Waals surface area contributed by atoms with E-state index in [1.165, 1.54) is 12.0 Å². The Labute approximate surface area is 133 Å². The van der Waals surface area contributed by atoms with Gasteiger partial charge in [0.2, 0.25) is 0 Å². The van der Waals surface area contributed by atoms with Crippen LogP contribution in [0.1, 0.15) is 24.9 Å². The molecule has 1 aromatic carbocycles. The Balaban J connectivity index is 1.95. The van der Waals surface area contributed by atoms with Crippen LogP contribution in [-0.4, -0.2) is 51.7 Å². The zero-order valence-electron chi connectivity index (χ0n) is 14.3. The van der Waals surface area contributed by atoms with E-state index in [0.717, 1.165) is 24.2 Å². The van der Waals surface area contributed by atoms with Crippen LogP contribution in [0.2, 0.25) is 0 Å². The van der Waals surface area contributed by atoms with E-state index in [1.807, 2.05) is 19.2 Å². The molecule has 2 N–H and O–H groups in total. The summed E-state index contributed by atoms with van der Waals surface area (Å²) in [6, 6.07) is 9.09. The zero-order chi connectivity index (χ0) is 16.1. The second-order valence-corrected chi connectivity index (χ2v) is 6.17. The van der Waals surface area contributed by atoms with Crippen molar-refractivity contribution < 1.29 is 4.74 Å². The maximum atomic E-state index is 5.23. The topological polar surface area (TPSA) is 48.9 Å². The van der Waals surface area contributed by atoms with Gasteiger partial charge in [0, 0.05) is 19.6 Å². The van der Waals surface area contributed by atoms with E-state index in [2.05, 4.69) is 53.7 Å². The summed E-state index contributed by atoms with van der Waals surface area (Å²) < 4.78 is 5.23. The van der Waals surface area contributed by atoms with Crippen LogP contribution in [-0.2, 0) is 0 Å². The van der Waals surface area contributed by atoms with Crippen molar-refractivity contribution >= 4 is 5.96 Å². The monoisotopic (exact) mass is 304 g/mol. The van der Waals surface area contributed by atoms with Crippen molar-refractivity contribution in [3.8, 4) is 5.75 Å². The predicted molar refractivity (Wildman–Crippen MR) is 91.5 cm³/mol. The number of aliphatic imine (C=N–C) groups is 1. The van der Waals surface area contributed by atoms with Crippen molar-refractivity contribution in [2.75, 3.05) is 34.8 Å². The van der Waals surface area contributed by atoms with Crippen molar-refractivity contribution in [1.82, 2.24) is 15.5 Å². The van der Waals surface area contributed by atoms with Gasteiger partial charge in [0.05, 0.1) is 13.2 Å². The first-order valence-corrected chi connectivity index (χ1v) is 7.82. The molecule has 0 radical (unpaired) electrons. The zero-order valence-corrected chi connectivity index (χ0v) is 14.3. The minimum absolute atomic E-state index is 0.279. The average Bonchev–Trinajstić information content (AvgIpc) is 3.21. The van der Waals surface area contributed by atoms with E-state index in [9.17, 15) is 0 Å². The highest BCUT2D eigenvalue weighted by Crippen LogP contribution is 2.28. The van der Waals surface area contributed by atoms with Crippen LogP contribution in [0.4, 0.5) is 0 Å². The Hall–Kier alpha value is -1.75. The third kappa shape index (κ3) is 4.37. The van der Waals surface area contributed by atoms with Crippen molar-refractivity contribution in [2.24, 2.45) is 10.9 Å². The van der Waals surface area contributed by atoms with Gasteiger partial charge in [0.15, 0.2) is 5.96 Å². The fourth-order valence-electron chi connectivity index (χ4n) is 2.51. The van der Waals surface area contributed by atoms with Gasteiger partial charge in [-0.2, -0.15) is 0 Å². The van der Waals surface area contributed by atoms with Crippen LogP contribution in [0.5, 0.6) is 5.75 Å². The van der Waals surface area contributed by atoms with Crippen molar-refractivity contribution in [1.29, 1.82) is 0 Å². The summed E-state index contributed by atoms with van der Waals surface area (Å²) in [7, 11) is 7.69. The molecule has 1 aliphatic rings. The fraction of sp³-hybridized carbons (Fsp3) is 0.588. The van der Waals surface area contributed by atoms with Crippen molar-refractivity contribution in [3.05, 3.63) is 29.8 Å². The largest absolute Gasteiger partial charge is 0.497 e. The number of benzene rings is 1. The van der Waals surface area contributed by atoms with Gasteiger partial charge in [-0.05, 0) is 44.1 Å². The average molecular weight is 304 g/mol. The number of likely N-dealkylation sites (N-methyl/N-ethyl adjacent to an activating group) is 1. The minimum atomic E-state index is 0.279. The number of methoxy groups -OCH3 is 1. The number of nitrogens with zero attached hydrogens (tertiary/aromatic N) is 2. The molecule has 1 aliphatic carbocycles. The molecule has 3 atom stereocenters. The van der Waals surface area contributed by atoms with Gasteiger partial charge in [-0.1, -0.05) is 19.1 Å². The molecule has 2 rings (SSSR count). The van der Waals surface area contributed by atoms with E-state index in [0.29, 0.717) is 6.04 Å². The lowest BCUT2D eigenvalue weighted by Crippen LogP contribution is -2.42. The van der Waals surface area contributed by atoms with Crippen LogP contribution in [0, 0.1) is 5.92 Å². The van der Waals surface area contributed by atoms with Gasteiger partial charge >= 0.3 is 0 Å². The predicted octanol–water partition coefficient (Wildman–Crippen LogP) is 1.87. The summed E-state index contributed by atoms with van der Waals surface area (Å²) in [4.78, 5) is 6.52. The molecule has 1 saturated carbocycles. The van der Waals surface area contributed by atoms with Crippen molar-refractivity contribution in [3.63, 3.8) is 0 Å². The molecule has 5 nitrogen and oxygen atoms in total. The van der Waals surface area contributed by atoms with E-state index in [-0.39, 0.29) is 6.04 Å². The summed E-state index contributed by atoms with van der Waals surface area (Å²) in [5.41, 5.74) is 1.26. The first-order chi connectivity index (χ1) is 10.5. The summed E-state index contributed by atoms with van der Waals surface area (Å²) in [6.07, 6.45) is 1.23. The lowest BCUT2D eigenvalue weighted by molar-refractivity contribution is 0.298. The number of nitrogens with one attached hydrogen (secondary N) is 2. The first-order valence-electron chi connectivity index (χ1n) is 7.82. The highest BCUT2D eigenvalue weighted by atomic mass is 16.5. The van der Waals surface area contributed by atoms with Crippen LogP contribution < -0.4 is 15.4 Å². The molecule has 0 aliphatic heterocycles. The molecule has 122 valence electrons. The lowest BCUT2D eigenvalue weighted by atomic mass is 10.1. The van der Waals surface area contributed by atoms with Gasteiger partial charge in [-0.25, -0.2) is 0 Å². The standard InChI is InChI=1S/C17H28N4O/c1-12-10-15(12)20-17(18-2)19-11-16(21(3)4)13-6-8-14(22-5)9-7-13/h6-9,12,15-16H,10-11H2,1-5H3,(H2,18,19,20). The fourth-order valence-corrected chi connectivity index (χ4v) is 2.51. The Morgan fingerprint density at radius 1 is 1.36 bits per heavy atom. The molecule has 5 heteroatoms. The molecular formula is C17H28N4O. The molecule has 1 aromatic rings. The Morgan fingerprint density at radius 2 is 2.00 bits per heavy atom. The van der Waals surface area contributed by atoms with E-state index >= 15 is 0 Å². The Morgan fingerprint density at radius 3 is 2.45 bits per heavy atom. The normalized spacial score (nSPS) is 22.4. The highest BCUT2D eigenvalue weighted by molar-refractivity contribution is 5.80. The quantitative estimate of drug-likeness (QED) is 0.622. The minimum Gasteiger partial charge on any atom is -0.497 e. The number of guanidine groups is 1. The number of hydrogen-bond donors (Lipinski definition) is 2. The van der Waals surface area contributed by atoms with Gasteiger partial charge in [0.25, 0.3) is 0 Å². The number of hydrogen-bond acceptors (Lipinski definition) is 3. The van der Waals surface area contributed by atoms with Crippen LogP contribution in [0.25, 0.3) is 0 Å². The van der Waals surface area contributed by atoms with Crippen LogP contribution in [0.3, 0.4) is 0 Å². The van der Waals surface area contributed by atoms with E-state index in [4.69, 9.17) is 4.74 Å². The summed E-state index contributed by atoms with van der Waals surface area (Å²) in [6.45, 7) is 3.06. The van der Waals surface area contributed by atoms with Gasteiger partial charge in [0.1, 0.15) is 5.75 Å². The molecule has 3 unspecified atom stereocenters. The molecule has 0 heterocycles. The second kappa shape index (κ2) is 7.49. The number of rotatable bonds is 6. The lowest BCUT2D eigenvalue weighted by Gasteiger charge is -2.26. The molecule has 0 spiro atoms. The smallest absolute Gasteiger partial charge is 0.191 e. The first kappa shape index (κ1) is 16.6. The van der Waals surface area contributed by atoms with Gasteiger partial charge in [-0.15, -0.1) is 0 Å². The molecule has 0 bridgehead atoms. The summed E-state index contributed by atoms with van der Waals surface area (Å²) in [5, 5.41) is 6.89. The van der Waals surface area contributed by atoms with E-state index in [1.54, 1.807) is 7.11 Å². The summed E-state index contributed by atoms with van der Waals surface area (Å²) in [5.74, 6) is 2.52. The Bertz CT molecular complexity index is 498. The SMILES string of the molecule is CN=C(NCC(c1ccc(OC)cc1)N(C)C)NC1CC1C. The second-order valence-electron chi connectivity index (χ2n) is 6.17. The molecule has 22 heavy (non-hydrogen) atoms.